The summed E-state index contributed by atoms with van der Waals surface area (Å²) in [6.07, 6.45) is 2.05. The molecule has 0 amide bonds. The molecule has 0 bridgehead atoms. The van der Waals surface area contributed by atoms with E-state index in [0.717, 1.165) is 63.0 Å². The van der Waals surface area contributed by atoms with E-state index >= 15 is 0 Å². The zero-order chi connectivity index (χ0) is 18.3. The first-order chi connectivity index (χ1) is 12.2. The highest BCUT2D eigenvalue weighted by Crippen LogP contribution is 2.11. The van der Waals surface area contributed by atoms with Gasteiger partial charge in [0, 0.05) is 26.3 Å². The summed E-state index contributed by atoms with van der Waals surface area (Å²) in [5.41, 5.74) is 1.16. The van der Waals surface area contributed by atoms with Crippen LogP contribution in [0.25, 0.3) is 0 Å². The molecule has 0 unspecified atom stereocenters. The van der Waals surface area contributed by atoms with Crippen molar-refractivity contribution < 1.29 is 9.47 Å². The minimum absolute atomic E-state index is 0.637. The highest BCUT2D eigenvalue weighted by molar-refractivity contribution is 5.79. The van der Waals surface area contributed by atoms with Crippen molar-refractivity contribution in [2.24, 2.45) is 4.99 Å². The Hall–Kier alpha value is -1.79. The van der Waals surface area contributed by atoms with Crippen molar-refractivity contribution in [2.45, 2.75) is 26.3 Å². The predicted octanol–water partition coefficient (Wildman–Crippen LogP) is 2.11. The normalized spacial score (nSPS) is 11.6. The third-order valence-electron chi connectivity index (χ3n) is 3.62. The number of hydrogen-bond donors (Lipinski definition) is 2. The lowest BCUT2D eigenvalue weighted by Gasteiger charge is -2.14. The van der Waals surface area contributed by atoms with Crippen LogP contribution in [0.2, 0.25) is 0 Å². The van der Waals surface area contributed by atoms with E-state index in [0.29, 0.717) is 6.54 Å². The number of ether oxygens (including phenoxy) is 2. The van der Waals surface area contributed by atoms with Gasteiger partial charge in [-0.05, 0) is 58.1 Å². The van der Waals surface area contributed by atoms with Crippen LogP contribution in [0, 0.1) is 0 Å². The molecule has 25 heavy (non-hydrogen) atoms. The van der Waals surface area contributed by atoms with E-state index in [1.54, 1.807) is 7.11 Å². The van der Waals surface area contributed by atoms with Crippen LogP contribution < -0.4 is 15.4 Å². The van der Waals surface area contributed by atoms with E-state index in [-0.39, 0.29) is 0 Å². The summed E-state index contributed by atoms with van der Waals surface area (Å²) in [6.45, 7) is 7.00. The van der Waals surface area contributed by atoms with Crippen LogP contribution in [0.3, 0.4) is 0 Å². The second-order valence-electron chi connectivity index (χ2n) is 6.07. The second kappa shape index (κ2) is 13.5. The first-order valence-corrected chi connectivity index (χ1v) is 9.03. The zero-order valence-corrected chi connectivity index (χ0v) is 16.2. The fourth-order valence-corrected chi connectivity index (χ4v) is 2.20. The fraction of sp³-hybridized carbons (Fsp3) is 0.632. The van der Waals surface area contributed by atoms with Crippen LogP contribution >= 0.6 is 0 Å². The number of rotatable bonds is 12. The second-order valence-corrected chi connectivity index (χ2v) is 6.07. The third kappa shape index (κ3) is 10.6. The maximum atomic E-state index is 5.37. The van der Waals surface area contributed by atoms with Crippen molar-refractivity contribution in [1.29, 1.82) is 0 Å². The monoisotopic (exact) mass is 350 g/mol. The molecule has 142 valence electrons. The average molecular weight is 351 g/mol. The highest BCUT2D eigenvalue weighted by atomic mass is 16.5. The van der Waals surface area contributed by atoms with Gasteiger partial charge in [-0.25, -0.2) is 4.99 Å². The number of hydrogen-bond acceptors (Lipinski definition) is 4. The van der Waals surface area contributed by atoms with Crippen LogP contribution in [0.5, 0.6) is 5.75 Å². The van der Waals surface area contributed by atoms with Gasteiger partial charge in [-0.1, -0.05) is 12.1 Å². The van der Waals surface area contributed by atoms with Gasteiger partial charge < -0.3 is 25.0 Å². The molecule has 0 saturated carbocycles. The molecule has 1 aromatic carbocycles. The maximum absolute atomic E-state index is 5.37. The molecule has 0 aromatic heterocycles. The molecule has 0 heterocycles. The van der Waals surface area contributed by atoms with Gasteiger partial charge in [0.1, 0.15) is 5.75 Å². The van der Waals surface area contributed by atoms with Gasteiger partial charge in [-0.2, -0.15) is 0 Å². The van der Waals surface area contributed by atoms with Gasteiger partial charge in [-0.15, -0.1) is 0 Å². The fourth-order valence-electron chi connectivity index (χ4n) is 2.20. The molecule has 6 heteroatoms. The van der Waals surface area contributed by atoms with Gasteiger partial charge >= 0.3 is 0 Å². The Morgan fingerprint density at radius 3 is 2.36 bits per heavy atom. The molecule has 0 aliphatic carbocycles. The number of nitrogens with one attached hydrogen (secondary N) is 2. The number of nitrogens with zero attached hydrogens (tertiary/aromatic N) is 2. The minimum Gasteiger partial charge on any atom is -0.497 e. The summed E-state index contributed by atoms with van der Waals surface area (Å²) in [5, 5.41) is 6.79. The largest absolute Gasteiger partial charge is 0.497 e. The van der Waals surface area contributed by atoms with Crippen LogP contribution in [-0.4, -0.2) is 64.9 Å². The lowest BCUT2D eigenvalue weighted by atomic mass is 10.2. The van der Waals surface area contributed by atoms with Gasteiger partial charge in [-0.3, -0.25) is 0 Å². The smallest absolute Gasteiger partial charge is 0.191 e. The van der Waals surface area contributed by atoms with Gasteiger partial charge in [0.15, 0.2) is 5.96 Å². The number of benzene rings is 1. The molecule has 0 radical (unpaired) electrons. The lowest BCUT2D eigenvalue weighted by molar-refractivity contribution is 0.145. The Balaban J connectivity index is 2.48. The average Bonchev–Trinajstić information content (AvgIpc) is 2.62. The molecule has 0 aliphatic heterocycles. The SMILES string of the molecule is CCOCCCNC(=NCc1ccc(OC)cc1)NCCCN(C)C. The quantitative estimate of drug-likeness (QED) is 0.343. The Morgan fingerprint density at radius 1 is 1.08 bits per heavy atom. The summed E-state index contributed by atoms with van der Waals surface area (Å²) in [5.74, 6) is 1.72. The number of guanidine groups is 1. The van der Waals surface area contributed by atoms with E-state index in [2.05, 4.69) is 34.6 Å². The predicted molar refractivity (Wildman–Crippen MR) is 104 cm³/mol. The molecule has 0 spiro atoms. The molecule has 0 atom stereocenters. The summed E-state index contributed by atoms with van der Waals surface area (Å²) < 4.78 is 10.6. The Labute approximate surface area is 152 Å². The van der Waals surface area contributed by atoms with Gasteiger partial charge in [0.25, 0.3) is 0 Å². The van der Waals surface area contributed by atoms with Crippen molar-refractivity contribution in [3.63, 3.8) is 0 Å². The van der Waals surface area contributed by atoms with Crippen molar-refractivity contribution in [3.05, 3.63) is 29.8 Å². The molecule has 2 N–H and O–H groups in total. The molecule has 0 fully saturated rings. The molecular formula is C19H34N4O2. The van der Waals surface area contributed by atoms with E-state index in [1.807, 2.05) is 31.2 Å². The van der Waals surface area contributed by atoms with E-state index in [1.165, 1.54) is 0 Å². The Kier molecular flexibility index (Phi) is 11.5. The molecule has 0 saturated heterocycles. The number of aliphatic imine (C=N–C) groups is 1. The highest BCUT2D eigenvalue weighted by Gasteiger charge is 2.00. The third-order valence-corrected chi connectivity index (χ3v) is 3.62. The lowest BCUT2D eigenvalue weighted by Crippen LogP contribution is -2.39. The topological polar surface area (TPSA) is 58.1 Å². The van der Waals surface area contributed by atoms with Gasteiger partial charge in [0.2, 0.25) is 0 Å². The van der Waals surface area contributed by atoms with Crippen LogP contribution in [-0.2, 0) is 11.3 Å². The summed E-state index contributed by atoms with van der Waals surface area (Å²) in [4.78, 5) is 6.87. The van der Waals surface area contributed by atoms with Gasteiger partial charge in [0.05, 0.1) is 13.7 Å². The molecular weight excluding hydrogens is 316 g/mol. The minimum atomic E-state index is 0.637. The van der Waals surface area contributed by atoms with E-state index in [4.69, 9.17) is 9.47 Å². The van der Waals surface area contributed by atoms with Crippen LogP contribution in [0.1, 0.15) is 25.3 Å². The summed E-state index contributed by atoms with van der Waals surface area (Å²) in [6, 6.07) is 8.01. The summed E-state index contributed by atoms with van der Waals surface area (Å²) >= 11 is 0. The number of methoxy groups -OCH3 is 1. The Morgan fingerprint density at radius 2 is 1.76 bits per heavy atom. The maximum Gasteiger partial charge on any atom is 0.191 e. The van der Waals surface area contributed by atoms with Crippen molar-refractivity contribution >= 4 is 5.96 Å². The molecule has 1 rings (SSSR count). The standard InChI is InChI=1S/C19H34N4O2/c1-5-25-15-7-13-21-19(20-12-6-14-23(2)3)22-16-17-8-10-18(24-4)11-9-17/h8-11H,5-7,12-16H2,1-4H3,(H2,20,21,22). The van der Waals surface area contributed by atoms with E-state index < -0.39 is 0 Å². The first kappa shape index (κ1) is 21.3. The van der Waals surface area contributed by atoms with Crippen molar-refractivity contribution in [1.82, 2.24) is 15.5 Å². The van der Waals surface area contributed by atoms with Crippen molar-refractivity contribution in [3.8, 4) is 5.75 Å². The Bertz CT molecular complexity index is 475. The van der Waals surface area contributed by atoms with Crippen LogP contribution in [0.4, 0.5) is 0 Å². The van der Waals surface area contributed by atoms with Crippen molar-refractivity contribution in [2.75, 3.05) is 54.1 Å². The van der Waals surface area contributed by atoms with E-state index in [9.17, 15) is 0 Å². The molecule has 1 aromatic rings. The molecule has 6 nitrogen and oxygen atoms in total. The molecule has 0 aliphatic rings. The summed E-state index contributed by atoms with van der Waals surface area (Å²) in [7, 11) is 5.85. The first-order valence-electron chi connectivity index (χ1n) is 9.03. The van der Waals surface area contributed by atoms with Crippen LogP contribution in [0.15, 0.2) is 29.3 Å². The zero-order valence-electron chi connectivity index (χ0n) is 16.2.